The molecule has 0 bridgehead atoms. The Morgan fingerprint density at radius 2 is 1.55 bits per heavy atom. The van der Waals surface area contributed by atoms with E-state index in [0.29, 0.717) is 0 Å². The third-order valence-corrected chi connectivity index (χ3v) is 4.91. The summed E-state index contributed by atoms with van der Waals surface area (Å²) in [7, 11) is 0. The van der Waals surface area contributed by atoms with Crippen LogP contribution in [0.3, 0.4) is 0 Å². The maximum absolute atomic E-state index is 12.4. The first-order valence-corrected chi connectivity index (χ1v) is 10.2. The van der Waals surface area contributed by atoms with Gasteiger partial charge in [0.05, 0.1) is 17.7 Å². The molecule has 0 saturated heterocycles. The van der Waals surface area contributed by atoms with Crippen molar-refractivity contribution in [3.8, 4) is 0 Å². The summed E-state index contributed by atoms with van der Waals surface area (Å²) in [6.45, 7) is -0.608. The van der Waals surface area contributed by atoms with Gasteiger partial charge in [-0.25, -0.2) is 9.59 Å². The molecule has 1 aliphatic carbocycles. The lowest BCUT2D eigenvalue weighted by Crippen LogP contribution is -2.45. The summed E-state index contributed by atoms with van der Waals surface area (Å²) >= 11 is 0. The lowest BCUT2D eigenvalue weighted by Gasteiger charge is -2.13. The molecular formula is C23H25N3O5. The highest BCUT2D eigenvalue weighted by atomic mass is 16.5. The van der Waals surface area contributed by atoms with Crippen LogP contribution in [0.15, 0.2) is 54.6 Å². The Kier molecular flexibility index (Phi) is 7.75. The van der Waals surface area contributed by atoms with Crippen LogP contribution in [-0.2, 0) is 20.7 Å². The van der Waals surface area contributed by atoms with Crippen molar-refractivity contribution < 1.29 is 23.9 Å². The van der Waals surface area contributed by atoms with Gasteiger partial charge in [-0.05, 0) is 30.5 Å². The fourth-order valence-electron chi connectivity index (χ4n) is 3.41. The molecule has 0 aliphatic heterocycles. The molecule has 162 valence electrons. The van der Waals surface area contributed by atoms with Gasteiger partial charge in [-0.3, -0.25) is 14.9 Å². The first-order valence-electron chi connectivity index (χ1n) is 10.2. The Hall–Kier alpha value is -3.68. The largest absolute Gasteiger partial charge is 0.452 e. The third-order valence-electron chi connectivity index (χ3n) is 4.91. The van der Waals surface area contributed by atoms with Crippen LogP contribution < -0.4 is 16.0 Å². The van der Waals surface area contributed by atoms with E-state index in [0.717, 1.165) is 31.2 Å². The summed E-state index contributed by atoms with van der Waals surface area (Å²) in [6.07, 6.45) is 4.05. The quantitative estimate of drug-likeness (QED) is 0.593. The van der Waals surface area contributed by atoms with Crippen LogP contribution in [-0.4, -0.2) is 36.5 Å². The number of urea groups is 1. The number of ether oxygens (including phenoxy) is 1. The van der Waals surface area contributed by atoms with Gasteiger partial charge < -0.3 is 15.4 Å². The van der Waals surface area contributed by atoms with Crippen molar-refractivity contribution in [3.63, 3.8) is 0 Å². The molecule has 3 N–H and O–H groups in total. The molecule has 8 nitrogen and oxygen atoms in total. The Morgan fingerprint density at radius 1 is 0.871 bits per heavy atom. The van der Waals surface area contributed by atoms with Gasteiger partial charge in [0.1, 0.15) is 0 Å². The number of hydrogen-bond acceptors (Lipinski definition) is 5. The van der Waals surface area contributed by atoms with E-state index in [1.807, 2.05) is 30.3 Å². The molecule has 0 spiro atoms. The fourth-order valence-corrected chi connectivity index (χ4v) is 3.41. The highest BCUT2D eigenvalue weighted by Gasteiger charge is 2.20. The van der Waals surface area contributed by atoms with Gasteiger partial charge in [0.25, 0.3) is 5.91 Å². The van der Waals surface area contributed by atoms with Gasteiger partial charge in [0.2, 0.25) is 5.91 Å². The zero-order valence-corrected chi connectivity index (χ0v) is 17.1. The van der Waals surface area contributed by atoms with Crippen LogP contribution in [0, 0.1) is 0 Å². The highest BCUT2D eigenvalue weighted by molar-refractivity contribution is 6.02. The predicted octanol–water partition coefficient (Wildman–Crippen LogP) is 2.79. The zero-order valence-electron chi connectivity index (χ0n) is 17.1. The van der Waals surface area contributed by atoms with Crippen LogP contribution in [0.5, 0.6) is 0 Å². The van der Waals surface area contributed by atoms with E-state index < -0.39 is 24.5 Å². The summed E-state index contributed by atoms with van der Waals surface area (Å²) in [5.41, 5.74) is 1.24. The number of amides is 4. The first-order chi connectivity index (χ1) is 15.0. The standard InChI is InChI=1S/C23H25N3O5/c27-20(14-16-8-2-1-3-9-16)25-19-13-7-6-12-18(19)22(29)31-15-21(28)26-23(30)24-17-10-4-5-11-17/h1-3,6-9,12-13,17H,4-5,10-11,14-15H2,(H,25,27)(H2,24,26,28,30). The normalized spacial score (nSPS) is 13.3. The van der Waals surface area contributed by atoms with Crippen molar-refractivity contribution in [1.29, 1.82) is 0 Å². The smallest absolute Gasteiger partial charge is 0.340 e. The maximum atomic E-state index is 12.4. The van der Waals surface area contributed by atoms with Gasteiger partial charge in [0.15, 0.2) is 6.61 Å². The van der Waals surface area contributed by atoms with Crippen LogP contribution in [0.2, 0.25) is 0 Å². The lowest BCUT2D eigenvalue weighted by atomic mass is 10.1. The van der Waals surface area contributed by atoms with E-state index in [9.17, 15) is 19.2 Å². The molecule has 4 amide bonds. The second-order valence-corrected chi connectivity index (χ2v) is 7.34. The number of hydrogen-bond donors (Lipinski definition) is 3. The molecule has 0 heterocycles. The van der Waals surface area contributed by atoms with Crippen molar-refractivity contribution in [3.05, 3.63) is 65.7 Å². The minimum absolute atomic E-state index is 0.0710. The number of imide groups is 1. The molecule has 2 aromatic carbocycles. The number of para-hydroxylation sites is 1. The number of benzene rings is 2. The van der Waals surface area contributed by atoms with E-state index in [4.69, 9.17) is 4.74 Å². The minimum atomic E-state index is -0.776. The summed E-state index contributed by atoms with van der Waals surface area (Å²) < 4.78 is 5.02. The second kappa shape index (κ2) is 10.9. The molecule has 1 saturated carbocycles. The van der Waals surface area contributed by atoms with Crippen LogP contribution in [0.1, 0.15) is 41.6 Å². The Labute approximate surface area is 180 Å². The van der Waals surface area contributed by atoms with E-state index in [-0.39, 0.29) is 29.6 Å². The zero-order chi connectivity index (χ0) is 22.1. The molecule has 2 aromatic rings. The van der Waals surface area contributed by atoms with Gasteiger partial charge in [-0.1, -0.05) is 55.3 Å². The van der Waals surface area contributed by atoms with E-state index in [1.54, 1.807) is 18.2 Å². The van der Waals surface area contributed by atoms with E-state index >= 15 is 0 Å². The molecular weight excluding hydrogens is 398 g/mol. The van der Waals surface area contributed by atoms with Crippen molar-refractivity contribution >= 4 is 29.5 Å². The lowest BCUT2D eigenvalue weighted by molar-refractivity contribution is -0.123. The molecule has 0 aromatic heterocycles. The minimum Gasteiger partial charge on any atom is -0.452 e. The predicted molar refractivity (Wildman–Crippen MR) is 114 cm³/mol. The average Bonchev–Trinajstić information content (AvgIpc) is 3.26. The van der Waals surface area contributed by atoms with Crippen LogP contribution in [0.25, 0.3) is 0 Å². The average molecular weight is 423 g/mol. The number of carbonyl (C=O) groups is 4. The number of anilines is 1. The third kappa shape index (κ3) is 6.95. The van der Waals surface area contributed by atoms with E-state index in [1.165, 1.54) is 6.07 Å². The molecule has 0 unspecified atom stereocenters. The molecule has 8 heteroatoms. The van der Waals surface area contributed by atoms with Gasteiger partial charge >= 0.3 is 12.0 Å². The Balaban J connectivity index is 1.50. The topological polar surface area (TPSA) is 114 Å². The molecule has 31 heavy (non-hydrogen) atoms. The highest BCUT2D eigenvalue weighted by Crippen LogP contribution is 2.18. The first kappa shape index (κ1) is 22.0. The second-order valence-electron chi connectivity index (χ2n) is 7.34. The summed E-state index contributed by atoms with van der Waals surface area (Å²) in [5.74, 6) is -1.79. The van der Waals surface area contributed by atoms with Crippen molar-refractivity contribution in [2.24, 2.45) is 0 Å². The van der Waals surface area contributed by atoms with Crippen LogP contribution in [0.4, 0.5) is 10.5 Å². The van der Waals surface area contributed by atoms with Crippen LogP contribution >= 0.6 is 0 Å². The van der Waals surface area contributed by atoms with Gasteiger partial charge in [0, 0.05) is 6.04 Å². The molecule has 0 radical (unpaired) electrons. The van der Waals surface area contributed by atoms with E-state index in [2.05, 4.69) is 16.0 Å². The summed E-state index contributed by atoms with van der Waals surface area (Å²) in [5, 5.41) is 7.57. The SMILES string of the molecule is O=C(COC(=O)c1ccccc1NC(=O)Cc1ccccc1)NC(=O)NC1CCCC1. The Morgan fingerprint density at radius 3 is 2.29 bits per heavy atom. The number of esters is 1. The fraction of sp³-hybridized carbons (Fsp3) is 0.304. The van der Waals surface area contributed by atoms with Crippen molar-refractivity contribution in [1.82, 2.24) is 10.6 Å². The van der Waals surface area contributed by atoms with Crippen molar-refractivity contribution in [2.75, 3.05) is 11.9 Å². The molecule has 1 fully saturated rings. The number of carbonyl (C=O) groups excluding carboxylic acids is 4. The summed E-state index contributed by atoms with van der Waals surface area (Å²) in [6, 6.07) is 15.1. The summed E-state index contributed by atoms with van der Waals surface area (Å²) in [4.78, 5) is 48.5. The molecule has 0 atom stereocenters. The van der Waals surface area contributed by atoms with Crippen molar-refractivity contribution in [2.45, 2.75) is 38.1 Å². The maximum Gasteiger partial charge on any atom is 0.340 e. The number of nitrogens with one attached hydrogen (secondary N) is 3. The van der Waals surface area contributed by atoms with Gasteiger partial charge in [-0.15, -0.1) is 0 Å². The monoisotopic (exact) mass is 423 g/mol. The molecule has 3 rings (SSSR count). The Bertz CT molecular complexity index is 939. The van der Waals surface area contributed by atoms with Gasteiger partial charge in [-0.2, -0.15) is 0 Å². The number of rotatable bonds is 7. The molecule has 1 aliphatic rings.